The maximum atomic E-state index is 13.7. The van der Waals surface area contributed by atoms with Gasteiger partial charge < -0.3 is 4.98 Å². The third-order valence-electron chi connectivity index (χ3n) is 4.10. The zero-order chi connectivity index (χ0) is 18.7. The van der Waals surface area contributed by atoms with E-state index in [0.29, 0.717) is 42.1 Å². The van der Waals surface area contributed by atoms with Gasteiger partial charge in [0.1, 0.15) is 17.2 Å². The normalized spacial score (nSPS) is 11.7. The molecule has 3 rings (SSSR count). The molecule has 0 saturated carbocycles. The lowest BCUT2D eigenvalue weighted by Gasteiger charge is -2.09. The molecular formula is C19H21FN4O2. The van der Waals surface area contributed by atoms with E-state index >= 15 is 0 Å². The van der Waals surface area contributed by atoms with Gasteiger partial charge in [-0.25, -0.2) is 14.2 Å². The number of aryl methyl sites for hydroxylation is 1. The molecule has 3 aromatic rings. The van der Waals surface area contributed by atoms with Crippen molar-refractivity contribution in [1.29, 1.82) is 0 Å². The molecule has 0 unspecified atom stereocenters. The molecule has 7 heteroatoms. The summed E-state index contributed by atoms with van der Waals surface area (Å²) in [4.78, 5) is 32.6. The maximum absolute atomic E-state index is 13.7. The Labute approximate surface area is 149 Å². The summed E-state index contributed by atoms with van der Waals surface area (Å²) in [7, 11) is 0. The summed E-state index contributed by atoms with van der Waals surface area (Å²) in [6.45, 7) is 4.70. The van der Waals surface area contributed by atoms with Gasteiger partial charge in [-0.2, -0.15) is 0 Å². The van der Waals surface area contributed by atoms with Crippen molar-refractivity contribution in [3.63, 3.8) is 0 Å². The molecule has 0 aliphatic rings. The largest absolute Gasteiger partial charge is 0.333 e. The van der Waals surface area contributed by atoms with Crippen LogP contribution in [0.25, 0.3) is 23.3 Å². The van der Waals surface area contributed by atoms with Crippen LogP contribution in [-0.2, 0) is 13.1 Å². The summed E-state index contributed by atoms with van der Waals surface area (Å²) in [5.41, 5.74) is 0.323. The first-order valence-corrected chi connectivity index (χ1v) is 8.72. The van der Waals surface area contributed by atoms with E-state index in [1.54, 1.807) is 30.4 Å². The van der Waals surface area contributed by atoms with Gasteiger partial charge in [-0.15, -0.1) is 0 Å². The van der Waals surface area contributed by atoms with Crippen LogP contribution in [-0.4, -0.2) is 19.1 Å². The van der Waals surface area contributed by atoms with E-state index in [1.807, 2.05) is 13.8 Å². The third-order valence-corrected chi connectivity index (χ3v) is 4.10. The molecule has 1 aromatic carbocycles. The number of rotatable bonds is 6. The molecule has 0 saturated heterocycles. The molecule has 26 heavy (non-hydrogen) atoms. The van der Waals surface area contributed by atoms with Gasteiger partial charge in [-0.3, -0.25) is 13.9 Å². The van der Waals surface area contributed by atoms with Crippen molar-refractivity contribution in [2.45, 2.75) is 39.8 Å². The number of nitrogens with one attached hydrogen (secondary N) is 1. The highest BCUT2D eigenvalue weighted by Gasteiger charge is 2.15. The molecule has 0 fully saturated rings. The van der Waals surface area contributed by atoms with Crippen molar-refractivity contribution < 1.29 is 4.39 Å². The maximum Gasteiger partial charge on any atom is 0.332 e. The molecule has 0 radical (unpaired) electrons. The molecule has 0 aliphatic carbocycles. The van der Waals surface area contributed by atoms with E-state index in [0.717, 1.165) is 6.42 Å². The summed E-state index contributed by atoms with van der Waals surface area (Å²) in [6.07, 6.45) is 4.61. The molecule has 0 aliphatic heterocycles. The minimum Gasteiger partial charge on any atom is -0.333 e. The number of imidazole rings is 1. The number of fused-ring (bicyclic) bond motifs is 1. The number of hydrogen-bond donors (Lipinski definition) is 1. The highest BCUT2D eigenvalue weighted by atomic mass is 19.1. The van der Waals surface area contributed by atoms with E-state index in [9.17, 15) is 14.0 Å². The predicted molar refractivity (Wildman–Crippen MR) is 101 cm³/mol. The van der Waals surface area contributed by atoms with Gasteiger partial charge in [0.15, 0.2) is 5.65 Å². The lowest BCUT2D eigenvalue weighted by Crippen LogP contribution is -2.40. The summed E-state index contributed by atoms with van der Waals surface area (Å²) in [5.74, 6) is 0.0620. The Morgan fingerprint density at radius 1 is 1.08 bits per heavy atom. The Hall–Kier alpha value is -2.96. The van der Waals surface area contributed by atoms with Crippen LogP contribution in [0.15, 0.2) is 33.9 Å². The second-order valence-corrected chi connectivity index (χ2v) is 6.07. The smallest absolute Gasteiger partial charge is 0.332 e. The number of aromatic nitrogens is 4. The molecule has 136 valence electrons. The molecule has 0 amide bonds. The van der Waals surface area contributed by atoms with Gasteiger partial charge in [0.05, 0.1) is 0 Å². The Morgan fingerprint density at radius 3 is 2.46 bits per heavy atom. The van der Waals surface area contributed by atoms with Crippen LogP contribution in [0, 0.1) is 5.82 Å². The first kappa shape index (κ1) is 17.8. The molecule has 6 nitrogen and oxygen atoms in total. The third kappa shape index (κ3) is 3.24. The van der Waals surface area contributed by atoms with E-state index in [1.165, 1.54) is 15.2 Å². The molecule has 2 aromatic heterocycles. The molecule has 0 atom stereocenters. The summed E-state index contributed by atoms with van der Waals surface area (Å²) >= 11 is 0. The minimum atomic E-state index is -0.378. The minimum absolute atomic E-state index is 0.291. The quantitative estimate of drug-likeness (QED) is 0.738. The number of H-pyrrole nitrogens is 1. The Kier molecular flexibility index (Phi) is 5.16. The topological polar surface area (TPSA) is 72.7 Å². The van der Waals surface area contributed by atoms with Crippen molar-refractivity contribution in [2.24, 2.45) is 0 Å². The van der Waals surface area contributed by atoms with Crippen molar-refractivity contribution in [3.8, 4) is 0 Å². The highest BCUT2D eigenvalue weighted by molar-refractivity contribution is 5.75. The van der Waals surface area contributed by atoms with E-state index in [4.69, 9.17) is 0 Å². The second kappa shape index (κ2) is 7.51. The van der Waals surface area contributed by atoms with Gasteiger partial charge in [0.25, 0.3) is 5.56 Å². The standard InChI is InChI=1S/C19H21FN4O2/c1-3-11-23-17-16(18(25)24(12-4-2)19(23)26)21-15(22-17)10-9-13-7-5-6-8-14(13)20/h5-10H,3-4,11-12H2,1-2H3,(H,21,22)/b10-9+. The first-order valence-electron chi connectivity index (χ1n) is 8.72. The average Bonchev–Trinajstić information content (AvgIpc) is 3.06. The molecule has 0 spiro atoms. The fourth-order valence-corrected chi connectivity index (χ4v) is 2.89. The highest BCUT2D eigenvalue weighted by Crippen LogP contribution is 2.12. The lowest BCUT2D eigenvalue weighted by molar-refractivity contribution is 0.555. The number of hydrogen-bond acceptors (Lipinski definition) is 3. The number of nitrogens with zero attached hydrogens (tertiary/aromatic N) is 3. The van der Waals surface area contributed by atoms with Crippen LogP contribution in [0.5, 0.6) is 0 Å². The Balaban J connectivity index is 2.14. The van der Waals surface area contributed by atoms with Crippen molar-refractivity contribution in [2.75, 3.05) is 0 Å². The monoisotopic (exact) mass is 356 g/mol. The van der Waals surface area contributed by atoms with Crippen LogP contribution >= 0.6 is 0 Å². The SMILES string of the molecule is CCCn1c(=O)c2[nH]c(/C=C/c3ccccc3F)nc2n(CCC)c1=O. The fraction of sp³-hybridized carbons (Fsp3) is 0.316. The number of halogens is 1. The van der Waals surface area contributed by atoms with Gasteiger partial charge in [-0.1, -0.05) is 32.0 Å². The number of aromatic amines is 1. The predicted octanol–water partition coefficient (Wildman–Crippen LogP) is 3.02. The van der Waals surface area contributed by atoms with Gasteiger partial charge >= 0.3 is 5.69 Å². The van der Waals surface area contributed by atoms with Gasteiger partial charge in [0.2, 0.25) is 0 Å². The van der Waals surface area contributed by atoms with Crippen LogP contribution in [0.4, 0.5) is 4.39 Å². The van der Waals surface area contributed by atoms with Crippen LogP contribution in [0.1, 0.15) is 38.1 Å². The van der Waals surface area contributed by atoms with Gasteiger partial charge in [-0.05, 0) is 31.1 Å². The van der Waals surface area contributed by atoms with Crippen LogP contribution in [0.3, 0.4) is 0 Å². The van der Waals surface area contributed by atoms with Crippen molar-refractivity contribution in [1.82, 2.24) is 19.1 Å². The molecule has 1 N–H and O–H groups in total. The molecule has 2 heterocycles. The average molecular weight is 356 g/mol. The summed E-state index contributed by atoms with van der Waals surface area (Å²) in [5, 5.41) is 0. The van der Waals surface area contributed by atoms with E-state index < -0.39 is 0 Å². The zero-order valence-electron chi connectivity index (χ0n) is 14.8. The van der Waals surface area contributed by atoms with E-state index in [-0.39, 0.29) is 17.1 Å². The number of benzene rings is 1. The molecule has 0 bridgehead atoms. The van der Waals surface area contributed by atoms with Crippen molar-refractivity contribution in [3.05, 3.63) is 62.3 Å². The Morgan fingerprint density at radius 2 is 1.77 bits per heavy atom. The molecular weight excluding hydrogens is 335 g/mol. The fourth-order valence-electron chi connectivity index (χ4n) is 2.89. The summed E-state index contributed by atoms with van der Waals surface area (Å²) < 4.78 is 16.5. The first-order chi connectivity index (χ1) is 12.6. The Bertz CT molecular complexity index is 1080. The van der Waals surface area contributed by atoms with E-state index in [2.05, 4.69) is 9.97 Å². The van der Waals surface area contributed by atoms with Crippen LogP contribution in [0.2, 0.25) is 0 Å². The summed E-state index contributed by atoms with van der Waals surface area (Å²) in [6, 6.07) is 6.38. The van der Waals surface area contributed by atoms with Crippen molar-refractivity contribution >= 4 is 23.3 Å². The van der Waals surface area contributed by atoms with Gasteiger partial charge in [0, 0.05) is 18.7 Å². The zero-order valence-corrected chi connectivity index (χ0v) is 14.8. The lowest BCUT2D eigenvalue weighted by atomic mass is 10.2. The second-order valence-electron chi connectivity index (χ2n) is 6.07. The van der Waals surface area contributed by atoms with Crippen LogP contribution < -0.4 is 11.2 Å².